The molecule has 37 heavy (non-hydrogen) atoms. The van der Waals surface area contributed by atoms with E-state index in [4.69, 9.17) is 0 Å². The third kappa shape index (κ3) is 5.92. The first kappa shape index (κ1) is 26.2. The van der Waals surface area contributed by atoms with Crippen LogP contribution in [0.5, 0.6) is 0 Å². The van der Waals surface area contributed by atoms with E-state index in [0.29, 0.717) is 5.69 Å². The van der Waals surface area contributed by atoms with Crippen molar-refractivity contribution < 1.29 is 13.2 Å². The van der Waals surface area contributed by atoms with E-state index in [1.165, 1.54) is 4.31 Å². The van der Waals surface area contributed by atoms with E-state index in [1.807, 2.05) is 94.4 Å². The molecule has 0 fully saturated rings. The average molecular weight is 513 g/mol. The van der Waals surface area contributed by atoms with Crippen LogP contribution in [0, 0.1) is 27.7 Å². The van der Waals surface area contributed by atoms with E-state index >= 15 is 0 Å². The summed E-state index contributed by atoms with van der Waals surface area (Å²) < 4.78 is 28.9. The minimum Gasteiger partial charge on any atom is -0.344 e. The smallest absolute Gasteiger partial charge is 0.264 e. The highest BCUT2D eigenvalue weighted by atomic mass is 32.2. The van der Waals surface area contributed by atoms with Gasteiger partial charge in [0.05, 0.1) is 16.6 Å². The van der Waals surface area contributed by atoms with Gasteiger partial charge in [-0.3, -0.25) is 9.10 Å². The van der Waals surface area contributed by atoms with Crippen LogP contribution in [0.2, 0.25) is 0 Å². The predicted octanol–water partition coefficient (Wildman–Crippen LogP) is 6.02. The molecule has 0 aliphatic carbocycles. The van der Waals surface area contributed by atoms with E-state index in [1.54, 1.807) is 30.3 Å². The molecule has 1 unspecified atom stereocenters. The summed E-state index contributed by atoms with van der Waals surface area (Å²) >= 11 is 0. The molecule has 0 heterocycles. The number of carbonyl (C=O) groups is 1. The Morgan fingerprint density at radius 1 is 0.757 bits per heavy atom. The Bertz CT molecular complexity index is 1500. The topological polar surface area (TPSA) is 66.5 Å². The van der Waals surface area contributed by atoms with Gasteiger partial charge in [-0.15, -0.1) is 0 Å². The molecule has 0 saturated carbocycles. The Labute approximate surface area is 219 Å². The number of nitrogens with zero attached hydrogens (tertiary/aromatic N) is 1. The maximum atomic E-state index is 13.9. The van der Waals surface area contributed by atoms with E-state index in [-0.39, 0.29) is 11.4 Å². The van der Waals surface area contributed by atoms with E-state index in [9.17, 15) is 13.2 Å². The molecule has 0 saturated heterocycles. The number of amides is 1. The van der Waals surface area contributed by atoms with Crippen molar-refractivity contribution in [3.63, 3.8) is 0 Å². The van der Waals surface area contributed by atoms with Gasteiger partial charge in [0.2, 0.25) is 5.91 Å². The Balaban J connectivity index is 1.73. The molecule has 0 aliphatic rings. The van der Waals surface area contributed by atoms with Gasteiger partial charge in [0, 0.05) is 0 Å². The summed E-state index contributed by atoms with van der Waals surface area (Å²) in [5.41, 5.74) is 6.13. The number of sulfonamides is 1. The minimum absolute atomic E-state index is 0.144. The number of rotatable bonds is 8. The van der Waals surface area contributed by atoms with Crippen LogP contribution in [-0.4, -0.2) is 20.9 Å². The summed E-state index contributed by atoms with van der Waals surface area (Å²) in [5.74, 6) is -0.396. The maximum Gasteiger partial charge on any atom is 0.264 e. The van der Waals surface area contributed by atoms with Gasteiger partial charge < -0.3 is 5.32 Å². The zero-order chi connectivity index (χ0) is 26.6. The lowest BCUT2D eigenvalue weighted by atomic mass is 9.97. The predicted molar refractivity (Wildman–Crippen MR) is 149 cm³/mol. The molecule has 4 aromatic rings. The Morgan fingerprint density at radius 2 is 1.41 bits per heavy atom. The molecular formula is C31H32N2O3S. The first-order valence-corrected chi connectivity index (χ1v) is 13.7. The summed E-state index contributed by atoms with van der Waals surface area (Å²) in [6.45, 7) is 7.36. The molecule has 5 nitrogen and oxygen atoms in total. The first-order valence-electron chi connectivity index (χ1n) is 12.2. The van der Waals surface area contributed by atoms with E-state index < -0.39 is 22.0 Å². The van der Waals surface area contributed by atoms with Gasteiger partial charge in [0.25, 0.3) is 10.0 Å². The van der Waals surface area contributed by atoms with Crippen molar-refractivity contribution in [2.75, 3.05) is 10.8 Å². The fraction of sp³-hybridized carbons (Fsp3) is 0.194. The molecule has 0 spiro atoms. The summed E-state index contributed by atoms with van der Waals surface area (Å²) in [6.07, 6.45) is 0. The van der Waals surface area contributed by atoms with Crippen molar-refractivity contribution in [1.29, 1.82) is 0 Å². The van der Waals surface area contributed by atoms with Crippen LogP contribution in [0.15, 0.2) is 102 Å². The molecule has 190 valence electrons. The third-order valence-electron chi connectivity index (χ3n) is 6.55. The van der Waals surface area contributed by atoms with Crippen molar-refractivity contribution in [2.45, 2.75) is 38.6 Å². The van der Waals surface area contributed by atoms with Crippen LogP contribution in [-0.2, 0) is 14.8 Å². The molecule has 0 radical (unpaired) electrons. The van der Waals surface area contributed by atoms with Crippen LogP contribution < -0.4 is 9.62 Å². The normalized spacial score (nSPS) is 12.1. The monoisotopic (exact) mass is 512 g/mol. The Hall–Kier alpha value is -3.90. The highest BCUT2D eigenvalue weighted by Crippen LogP contribution is 2.29. The lowest BCUT2D eigenvalue weighted by molar-refractivity contribution is -0.120. The molecule has 4 rings (SSSR count). The molecule has 1 N–H and O–H groups in total. The molecule has 4 aromatic carbocycles. The zero-order valence-corrected chi connectivity index (χ0v) is 22.4. The molecule has 0 aliphatic heterocycles. The standard InChI is InChI=1S/C31H32N2O3S/c1-22-16-18-28(19-17-22)37(35,36)33(29-15-9-11-24(3)25(29)4)21-30(34)32-31(26-12-6-5-7-13-26)27-14-8-10-23(2)20-27/h5-20,31H,21H2,1-4H3,(H,32,34). The number of anilines is 1. The fourth-order valence-corrected chi connectivity index (χ4v) is 5.81. The van der Waals surface area contributed by atoms with Gasteiger partial charge in [-0.1, -0.05) is 90.0 Å². The number of benzene rings is 4. The number of nitrogens with one attached hydrogen (secondary N) is 1. The van der Waals surface area contributed by atoms with Crippen LogP contribution in [0.4, 0.5) is 5.69 Å². The molecule has 1 atom stereocenters. The molecule has 6 heteroatoms. The molecule has 0 bridgehead atoms. The first-order chi connectivity index (χ1) is 17.7. The lowest BCUT2D eigenvalue weighted by Gasteiger charge is -2.28. The number of hydrogen-bond acceptors (Lipinski definition) is 3. The lowest BCUT2D eigenvalue weighted by Crippen LogP contribution is -2.42. The van der Waals surface area contributed by atoms with Crippen LogP contribution in [0.3, 0.4) is 0 Å². The highest BCUT2D eigenvalue weighted by Gasteiger charge is 2.29. The number of aryl methyl sites for hydroxylation is 3. The van der Waals surface area contributed by atoms with Crippen molar-refractivity contribution >= 4 is 21.6 Å². The van der Waals surface area contributed by atoms with Gasteiger partial charge in [-0.2, -0.15) is 0 Å². The van der Waals surface area contributed by atoms with Crippen molar-refractivity contribution in [3.05, 3.63) is 130 Å². The van der Waals surface area contributed by atoms with E-state index in [0.717, 1.165) is 33.4 Å². The van der Waals surface area contributed by atoms with Crippen LogP contribution in [0.1, 0.15) is 39.4 Å². The summed E-state index contributed by atoms with van der Waals surface area (Å²) in [5, 5.41) is 3.10. The largest absolute Gasteiger partial charge is 0.344 e. The van der Waals surface area contributed by atoms with E-state index in [2.05, 4.69) is 5.32 Å². The van der Waals surface area contributed by atoms with Gasteiger partial charge >= 0.3 is 0 Å². The second kappa shape index (κ2) is 11.0. The fourth-order valence-electron chi connectivity index (χ4n) is 4.33. The Morgan fingerprint density at radius 3 is 2.08 bits per heavy atom. The quantitative estimate of drug-likeness (QED) is 0.314. The van der Waals surface area contributed by atoms with Crippen molar-refractivity contribution in [3.8, 4) is 0 Å². The van der Waals surface area contributed by atoms with Gasteiger partial charge in [0.15, 0.2) is 0 Å². The number of hydrogen-bond donors (Lipinski definition) is 1. The molecule has 1 amide bonds. The number of carbonyl (C=O) groups excluding carboxylic acids is 1. The van der Waals surface area contributed by atoms with Crippen molar-refractivity contribution in [1.82, 2.24) is 5.32 Å². The van der Waals surface area contributed by atoms with Gasteiger partial charge in [-0.05, 0) is 68.1 Å². The zero-order valence-electron chi connectivity index (χ0n) is 21.6. The second-order valence-electron chi connectivity index (χ2n) is 9.37. The molecular weight excluding hydrogens is 480 g/mol. The summed E-state index contributed by atoms with van der Waals surface area (Å²) in [7, 11) is -4.00. The maximum absolute atomic E-state index is 13.9. The van der Waals surface area contributed by atoms with Crippen LogP contribution >= 0.6 is 0 Å². The van der Waals surface area contributed by atoms with Gasteiger partial charge in [0.1, 0.15) is 6.54 Å². The summed E-state index contributed by atoms with van der Waals surface area (Å²) in [6, 6.07) is 29.4. The third-order valence-corrected chi connectivity index (χ3v) is 8.33. The minimum atomic E-state index is -4.00. The SMILES string of the molecule is Cc1ccc(S(=O)(=O)N(CC(=O)NC(c2ccccc2)c2cccc(C)c2)c2cccc(C)c2C)cc1. The van der Waals surface area contributed by atoms with Crippen LogP contribution in [0.25, 0.3) is 0 Å². The average Bonchev–Trinajstić information content (AvgIpc) is 2.88. The second-order valence-corrected chi connectivity index (χ2v) is 11.2. The Kier molecular flexibility index (Phi) is 7.79. The molecule has 0 aromatic heterocycles. The van der Waals surface area contributed by atoms with Gasteiger partial charge in [-0.25, -0.2) is 8.42 Å². The summed E-state index contributed by atoms with van der Waals surface area (Å²) in [4.78, 5) is 13.7. The van der Waals surface area contributed by atoms with Crippen molar-refractivity contribution in [2.24, 2.45) is 0 Å². The highest BCUT2D eigenvalue weighted by molar-refractivity contribution is 7.92.